The minimum Gasteiger partial charge on any atom is -0.481 e. The third-order valence-corrected chi connectivity index (χ3v) is 6.47. The maximum Gasteiger partial charge on any atom is 0.307 e. The Morgan fingerprint density at radius 1 is 1.12 bits per heavy atom. The van der Waals surface area contributed by atoms with Gasteiger partial charge in [-0.15, -0.1) is 0 Å². The van der Waals surface area contributed by atoms with Crippen LogP contribution in [0.4, 0.5) is 0 Å². The molecule has 2 aromatic rings. The molecule has 0 amide bonds. The van der Waals surface area contributed by atoms with Gasteiger partial charge in [-0.25, -0.2) is 8.42 Å². The second-order valence-electron chi connectivity index (χ2n) is 6.34. The third-order valence-electron chi connectivity index (χ3n) is 4.64. The van der Waals surface area contributed by atoms with E-state index in [0.717, 1.165) is 5.56 Å². The van der Waals surface area contributed by atoms with E-state index in [0.29, 0.717) is 6.42 Å². The number of aliphatic carboxylic acids is 1. The Bertz CT molecular complexity index is 951. The van der Waals surface area contributed by atoms with Crippen LogP contribution >= 0.6 is 0 Å². The number of rotatable bonds is 4. The van der Waals surface area contributed by atoms with E-state index in [1.165, 1.54) is 28.6 Å². The lowest BCUT2D eigenvalue weighted by molar-refractivity contribution is -0.143. The lowest BCUT2D eigenvalue weighted by Crippen LogP contribution is -2.45. The Labute approximate surface area is 152 Å². The van der Waals surface area contributed by atoms with Gasteiger partial charge < -0.3 is 5.11 Å². The predicted molar refractivity (Wildman–Crippen MR) is 94.8 cm³/mol. The molecule has 2 unspecified atom stereocenters. The normalized spacial score (nSPS) is 21.0. The van der Waals surface area contributed by atoms with Crippen molar-refractivity contribution in [1.82, 2.24) is 4.31 Å². The fourth-order valence-corrected chi connectivity index (χ4v) is 4.85. The molecule has 0 spiro atoms. The van der Waals surface area contributed by atoms with Gasteiger partial charge in [-0.1, -0.05) is 36.4 Å². The van der Waals surface area contributed by atoms with E-state index >= 15 is 0 Å². The molecule has 0 aliphatic carbocycles. The molecule has 6 nitrogen and oxygen atoms in total. The summed E-state index contributed by atoms with van der Waals surface area (Å²) >= 11 is 0. The first-order valence-electron chi connectivity index (χ1n) is 8.20. The van der Waals surface area contributed by atoms with Crippen LogP contribution in [0, 0.1) is 17.2 Å². The number of hydrogen-bond acceptors (Lipinski definition) is 4. The standard InChI is InChI=1S/C19H18N2O4S/c20-11-14-5-4-8-18(9-14)26(24,25)21-12-16(10-17(13-21)19(22)23)15-6-2-1-3-7-15/h1-9,16-17H,10,12-13H2,(H,22,23). The smallest absolute Gasteiger partial charge is 0.307 e. The zero-order chi connectivity index (χ0) is 18.7. The van der Waals surface area contributed by atoms with E-state index in [2.05, 4.69) is 0 Å². The highest BCUT2D eigenvalue weighted by Gasteiger charge is 2.38. The molecule has 1 fully saturated rings. The maximum absolute atomic E-state index is 13.0. The van der Waals surface area contributed by atoms with Gasteiger partial charge in [0.2, 0.25) is 10.0 Å². The van der Waals surface area contributed by atoms with Crippen LogP contribution in [-0.4, -0.2) is 36.9 Å². The number of benzene rings is 2. The van der Waals surface area contributed by atoms with Crippen molar-refractivity contribution in [2.75, 3.05) is 13.1 Å². The molecule has 1 aliphatic rings. The molecular formula is C19H18N2O4S. The van der Waals surface area contributed by atoms with Crippen molar-refractivity contribution >= 4 is 16.0 Å². The molecular weight excluding hydrogens is 352 g/mol. The molecule has 7 heteroatoms. The summed E-state index contributed by atoms with van der Waals surface area (Å²) in [6.45, 7) is 0.144. The highest BCUT2D eigenvalue weighted by atomic mass is 32.2. The van der Waals surface area contributed by atoms with Gasteiger partial charge in [0.05, 0.1) is 22.4 Å². The predicted octanol–water partition coefficient (Wildman–Crippen LogP) is 2.44. The molecule has 0 saturated carbocycles. The van der Waals surface area contributed by atoms with Crippen molar-refractivity contribution in [3.05, 3.63) is 65.7 Å². The summed E-state index contributed by atoms with van der Waals surface area (Å²) in [4.78, 5) is 11.6. The van der Waals surface area contributed by atoms with Gasteiger partial charge in [0, 0.05) is 13.1 Å². The van der Waals surface area contributed by atoms with Gasteiger partial charge in [-0.05, 0) is 36.1 Å². The van der Waals surface area contributed by atoms with Gasteiger partial charge in [-0.2, -0.15) is 9.57 Å². The molecule has 1 saturated heterocycles. The zero-order valence-electron chi connectivity index (χ0n) is 13.9. The van der Waals surface area contributed by atoms with Gasteiger partial charge >= 0.3 is 5.97 Å². The lowest BCUT2D eigenvalue weighted by atomic mass is 9.85. The molecule has 2 aromatic carbocycles. The molecule has 0 radical (unpaired) electrons. The second kappa shape index (κ2) is 7.28. The summed E-state index contributed by atoms with van der Waals surface area (Å²) in [6.07, 6.45) is 0.392. The van der Waals surface area contributed by atoms with Gasteiger partial charge in [0.1, 0.15) is 0 Å². The van der Waals surface area contributed by atoms with Crippen LogP contribution in [0.15, 0.2) is 59.5 Å². The summed E-state index contributed by atoms with van der Waals surface area (Å²) in [5.41, 5.74) is 1.17. The monoisotopic (exact) mass is 370 g/mol. The lowest BCUT2D eigenvalue weighted by Gasteiger charge is -2.35. The zero-order valence-corrected chi connectivity index (χ0v) is 14.8. The van der Waals surface area contributed by atoms with Crippen molar-refractivity contribution in [3.63, 3.8) is 0 Å². The van der Waals surface area contributed by atoms with Crippen molar-refractivity contribution in [2.24, 2.45) is 5.92 Å². The fourth-order valence-electron chi connectivity index (χ4n) is 3.28. The highest BCUT2D eigenvalue weighted by Crippen LogP contribution is 2.33. The number of carbonyl (C=O) groups is 1. The molecule has 0 aromatic heterocycles. The Morgan fingerprint density at radius 2 is 1.85 bits per heavy atom. The number of sulfonamides is 1. The Balaban J connectivity index is 1.96. The minimum atomic E-state index is -3.88. The number of nitriles is 1. The fraction of sp³-hybridized carbons (Fsp3) is 0.263. The van der Waals surface area contributed by atoms with Gasteiger partial charge in [-0.3, -0.25) is 4.79 Å². The first-order valence-corrected chi connectivity index (χ1v) is 9.64. The van der Waals surface area contributed by atoms with Gasteiger partial charge in [0.25, 0.3) is 0 Å². The molecule has 2 atom stereocenters. The van der Waals surface area contributed by atoms with Crippen LogP contribution in [0.5, 0.6) is 0 Å². The minimum absolute atomic E-state index is 0.00870. The van der Waals surface area contributed by atoms with Crippen LogP contribution in [0.25, 0.3) is 0 Å². The molecule has 1 heterocycles. The summed E-state index contributed by atoms with van der Waals surface area (Å²) in [5.74, 6) is -1.97. The number of piperidine rings is 1. The molecule has 1 aliphatic heterocycles. The first-order chi connectivity index (χ1) is 12.4. The topological polar surface area (TPSA) is 98.5 Å². The van der Waals surface area contributed by atoms with Crippen LogP contribution < -0.4 is 0 Å². The van der Waals surface area contributed by atoms with Crippen molar-refractivity contribution in [2.45, 2.75) is 17.2 Å². The number of hydrogen-bond donors (Lipinski definition) is 1. The summed E-state index contributed by atoms with van der Waals surface area (Å²) < 4.78 is 27.3. The largest absolute Gasteiger partial charge is 0.481 e. The Hall–Kier alpha value is -2.69. The molecule has 3 rings (SSSR count). The van der Waals surface area contributed by atoms with E-state index in [1.54, 1.807) is 0 Å². The molecule has 1 N–H and O–H groups in total. The van der Waals surface area contributed by atoms with E-state index < -0.39 is 21.9 Å². The maximum atomic E-state index is 13.0. The molecule has 26 heavy (non-hydrogen) atoms. The summed E-state index contributed by atoms with van der Waals surface area (Å²) in [6, 6.07) is 17.1. The number of carboxylic acid groups (broad SMARTS) is 1. The third kappa shape index (κ3) is 3.62. The average Bonchev–Trinajstić information content (AvgIpc) is 2.68. The first kappa shape index (κ1) is 18.1. The van der Waals surface area contributed by atoms with Crippen molar-refractivity contribution in [3.8, 4) is 6.07 Å². The van der Waals surface area contributed by atoms with E-state index in [1.807, 2.05) is 36.4 Å². The number of nitrogens with zero attached hydrogens (tertiary/aromatic N) is 2. The molecule has 134 valence electrons. The van der Waals surface area contributed by atoms with Crippen LogP contribution in [0.3, 0.4) is 0 Å². The van der Waals surface area contributed by atoms with E-state index in [9.17, 15) is 18.3 Å². The average molecular weight is 370 g/mol. The van der Waals surface area contributed by atoms with Crippen LogP contribution in [0.2, 0.25) is 0 Å². The summed E-state index contributed by atoms with van der Waals surface area (Å²) in [5, 5.41) is 18.5. The quantitative estimate of drug-likeness (QED) is 0.891. The van der Waals surface area contributed by atoms with Crippen LogP contribution in [-0.2, 0) is 14.8 Å². The number of carboxylic acids is 1. The highest BCUT2D eigenvalue weighted by molar-refractivity contribution is 7.89. The Morgan fingerprint density at radius 3 is 2.50 bits per heavy atom. The van der Waals surface area contributed by atoms with Crippen LogP contribution in [0.1, 0.15) is 23.5 Å². The van der Waals surface area contributed by atoms with Gasteiger partial charge in [0.15, 0.2) is 0 Å². The molecule has 0 bridgehead atoms. The van der Waals surface area contributed by atoms with E-state index in [-0.39, 0.29) is 29.5 Å². The van der Waals surface area contributed by atoms with Crippen molar-refractivity contribution < 1.29 is 18.3 Å². The van der Waals surface area contributed by atoms with Crippen molar-refractivity contribution in [1.29, 1.82) is 5.26 Å². The second-order valence-corrected chi connectivity index (χ2v) is 8.28. The van der Waals surface area contributed by atoms with E-state index in [4.69, 9.17) is 5.26 Å². The SMILES string of the molecule is N#Cc1cccc(S(=O)(=O)N2CC(C(=O)O)CC(c3ccccc3)C2)c1. The Kier molecular flexibility index (Phi) is 5.07. The summed E-state index contributed by atoms with van der Waals surface area (Å²) in [7, 11) is -3.88.